The molecule has 1 saturated carbocycles. The Hall–Kier alpha value is -1.14. The summed E-state index contributed by atoms with van der Waals surface area (Å²) < 4.78 is 5.75. The number of aromatic nitrogens is 1. The second kappa shape index (κ2) is 7.85. The van der Waals surface area contributed by atoms with E-state index in [1.165, 1.54) is 0 Å². The topological polar surface area (TPSA) is 54.5 Å². The van der Waals surface area contributed by atoms with E-state index in [9.17, 15) is 4.79 Å². The van der Waals surface area contributed by atoms with Crippen LogP contribution in [-0.4, -0.2) is 43.2 Å². The maximum absolute atomic E-state index is 12.9. The molecule has 1 saturated heterocycles. The Morgan fingerprint density at radius 2 is 2.04 bits per heavy atom. The zero-order valence-electron chi connectivity index (χ0n) is 16.7. The quantitative estimate of drug-likeness (QED) is 0.820. The van der Waals surface area contributed by atoms with E-state index < -0.39 is 0 Å². The number of carbonyl (C=O) groups excluding carboxylic acids is 1. The van der Waals surface area contributed by atoms with E-state index in [4.69, 9.17) is 4.74 Å². The molecule has 2 fully saturated rings. The molecular formula is C20H33N3O2S. The van der Waals surface area contributed by atoms with Gasteiger partial charge in [-0.1, -0.05) is 20.8 Å². The molecule has 0 radical (unpaired) electrons. The van der Waals surface area contributed by atoms with E-state index in [-0.39, 0.29) is 29.4 Å². The summed E-state index contributed by atoms with van der Waals surface area (Å²) in [5, 5.41) is 6.58. The summed E-state index contributed by atoms with van der Waals surface area (Å²) in [4.78, 5) is 19.8. The standard InChI is InChI=1S/C20H33N3O2S/c1-6-20(7-2)16(14(4)17(20)25-5)22-18(24)15-8-10-23(11-9-15)19-21-13(3)12-26-19/h12,14-17H,6-11H2,1-5H3,(H,22,24)/t14-,16-,17+/m1/s1. The van der Waals surface area contributed by atoms with Crippen LogP contribution in [0.4, 0.5) is 5.13 Å². The van der Waals surface area contributed by atoms with Crippen LogP contribution < -0.4 is 10.2 Å². The normalized spacial score (nSPS) is 28.7. The smallest absolute Gasteiger partial charge is 0.223 e. The van der Waals surface area contributed by atoms with Gasteiger partial charge in [0.2, 0.25) is 5.91 Å². The van der Waals surface area contributed by atoms with Gasteiger partial charge in [0.05, 0.1) is 11.8 Å². The highest BCUT2D eigenvalue weighted by Gasteiger charge is 2.59. The van der Waals surface area contributed by atoms with Crippen LogP contribution >= 0.6 is 11.3 Å². The third-order valence-corrected chi connectivity index (χ3v) is 7.82. The lowest BCUT2D eigenvalue weighted by molar-refractivity contribution is -0.173. The molecule has 26 heavy (non-hydrogen) atoms. The Balaban J connectivity index is 1.57. The first-order chi connectivity index (χ1) is 12.5. The van der Waals surface area contributed by atoms with Crippen molar-refractivity contribution in [2.45, 2.75) is 65.5 Å². The van der Waals surface area contributed by atoms with Crippen molar-refractivity contribution >= 4 is 22.4 Å². The van der Waals surface area contributed by atoms with E-state index in [2.05, 4.69) is 41.4 Å². The fraction of sp³-hybridized carbons (Fsp3) is 0.800. The molecule has 1 aliphatic heterocycles. The lowest BCUT2D eigenvalue weighted by Crippen LogP contribution is -2.70. The minimum absolute atomic E-state index is 0.0863. The van der Waals surface area contributed by atoms with Gasteiger partial charge in [-0.15, -0.1) is 11.3 Å². The molecule has 1 N–H and O–H groups in total. The molecule has 2 aliphatic rings. The van der Waals surface area contributed by atoms with Crippen LogP contribution in [-0.2, 0) is 9.53 Å². The van der Waals surface area contributed by atoms with Crippen molar-refractivity contribution in [1.29, 1.82) is 0 Å². The zero-order valence-corrected chi connectivity index (χ0v) is 17.6. The third-order valence-electron chi connectivity index (χ3n) is 6.80. The van der Waals surface area contributed by atoms with Crippen molar-refractivity contribution in [3.63, 3.8) is 0 Å². The number of anilines is 1. The zero-order chi connectivity index (χ0) is 18.9. The number of nitrogens with one attached hydrogen (secondary N) is 1. The molecule has 0 spiro atoms. The Bertz CT molecular complexity index is 620. The Morgan fingerprint density at radius 1 is 1.38 bits per heavy atom. The van der Waals surface area contributed by atoms with Crippen molar-refractivity contribution in [1.82, 2.24) is 10.3 Å². The van der Waals surface area contributed by atoms with E-state index >= 15 is 0 Å². The number of thiazole rings is 1. The summed E-state index contributed by atoms with van der Waals surface area (Å²) in [6.45, 7) is 10.5. The molecule has 1 aromatic heterocycles. The fourth-order valence-electron chi connectivity index (χ4n) is 5.19. The number of nitrogens with zero attached hydrogens (tertiary/aromatic N) is 2. The van der Waals surface area contributed by atoms with E-state index in [0.29, 0.717) is 5.92 Å². The Morgan fingerprint density at radius 3 is 2.54 bits per heavy atom. The average Bonchev–Trinajstić information content (AvgIpc) is 3.10. The Kier molecular flexibility index (Phi) is 5.92. The third kappa shape index (κ3) is 3.26. The number of rotatable bonds is 6. The molecule has 0 aromatic carbocycles. The summed E-state index contributed by atoms with van der Waals surface area (Å²) in [6, 6.07) is 0.231. The summed E-state index contributed by atoms with van der Waals surface area (Å²) in [5.74, 6) is 0.729. The van der Waals surface area contributed by atoms with Gasteiger partial charge in [-0.05, 0) is 32.6 Å². The molecule has 3 rings (SSSR count). The number of amides is 1. The van der Waals surface area contributed by atoms with Gasteiger partial charge in [0.25, 0.3) is 0 Å². The largest absolute Gasteiger partial charge is 0.380 e. The summed E-state index contributed by atoms with van der Waals surface area (Å²) >= 11 is 1.70. The van der Waals surface area contributed by atoms with Crippen LogP contribution in [0.15, 0.2) is 5.38 Å². The molecular weight excluding hydrogens is 346 g/mol. The number of ether oxygens (including phenoxy) is 1. The number of aryl methyl sites for hydroxylation is 1. The minimum atomic E-state index is 0.0863. The molecule has 2 heterocycles. The lowest BCUT2D eigenvalue weighted by atomic mass is 9.53. The second-order valence-electron chi connectivity index (χ2n) is 7.97. The predicted molar refractivity (Wildman–Crippen MR) is 107 cm³/mol. The molecule has 1 amide bonds. The highest BCUT2D eigenvalue weighted by Crippen LogP contribution is 2.52. The monoisotopic (exact) mass is 379 g/mol. The van der Waals surface area contributed by atoms with Gasteiger partial charge in [0.1, 0.15) is 0 Å². The van der Waals surface area contributed by atoms with Crippen LogP contribution in [0.3, 0.4) is 0 Å². The van der Waals surface area contributed by atoms with Gasteiger partial charge >= 0.3 is 0 Å². The van der Waals surface area contributed by atoms with Crippen molar-refractivity contribution in [3.8, 4) is 0 Å². The van der Waals surface area contributed by atoms with Crippen molar-refractivity contribution < 1.29 is 9.53 Å². The summed E-state index contributed by atoms with van der Waals surface area (Å²) in [7, 11) is 1.80. The number of methoxy groups -OCH3 is 1. The van der Waals surface area contributed by atoms with Gasteiger partial charge in [-0.2, -0.15) is 0 Å². The summed E-state index contributed by atoms with van der Waals surface area (Å²) in [6.07, 6.45) is 4.14. The maximum Gasteiger partial charge on any atom is 0.223 e. The first-order valence-corrected chi connectivity index (χ1v) is 10.8. The fourth-order valence-corrected chi connectivity index (χ4v) is 6.04. The van der Waals surface area contributed by atoms with E-state index in [1.54, 1.807) is 18.4 Å². The highest BCUT2D eigenvalue weighted by molar-refractivity contribution is 7.13. The first kappa shape index (κ1) is 19.6. The number of piperidine rings is 1. The van der Waals surface area contributed by atoms with Crippen LogP contribution in [0.1, 0.15) is 52.1 Å². The van der Waals surface area contributed by atoms with Crippen LogP contribution in [0.25, 0.3) is 0 Å². The Labute approximate surface area is 161 Å². The van der Waals surface area contributed by atoms with Gasteiger partial charge in [-0.25, -0.2) is 4.98 Å². The van der Waals surface area contributed by atoms with Crippen molar-refractivity contribution in [2.75, 3.05) is 25.1 Å². The van der Waals surface area contributed by atoms with Gasteiger partial charge in [0.15, 0.2) is 5.13 Å². The van der Waals surface area contributed by atoms with Crippen molar-refractivity contribution in [3.05, 3.63) is 11.1 Å². The molecule has 1 aromatic rings. The average molecular weight is 380 g/mol. The molecule has 146 valence electrons. The molecule has 0 bridgehead atoms. The van der Waals surface area contributed by atoms with Crippen LogP contribution in [0.2, 0.25) is 0 Å². The molecule has 0 unspecified atom stereocenters. The number of hydrogen-bond donors (Lipinski definition) is 1. The number of carbonyl (C=O) groups is 1. The van der Waals surface area contributed by atoms with E-state index in [1.807, 2.05) is 6.92 Å². The SMILES string of the molecule is CCC1(CC)[C@H](NC(=O)C2CCN(c3nc(C)cs3)CC2)[C@@H](C)[C@@H]1OC. The lowest BCUT2D eigenvalue weighted by Gasteiger charge is -2.60. The van der Waals surface area contributed by atoms with Crippen LogP contribution in [0, 0.1) is 24.2 Å². The van der Waals surface area contributed by atoms with Crippen LogP contribution in [0.5, 0.6) is 0 Å². The predicted octanol–water partition coefficient (Wildman–Crippen LogP) is 3.62. The van der Waals surface area contributed by atoms with Gasteiger partial charge < -0.3 is 15.0 Å². The first-order valence-electron chi connectivity index (χ1n) is 9.97. The molecule has 5 nitrogen and oxygen atoms in total. The second-order valence-corrected chi connectivity index (χ2v) is 8.81. The van der Waals surface area contributed by atoms with Gasteiger partial charge in [-0.3, -0.25) is 4.79 Å². The molecule has 6 heteroatoms. The summed E-state index contributed by atoms with van der Waals surface area (Å²) in [5.41, 5.74) is 1.16. The maximum atomic E-state index is 12.9. The number of hydrogen-bond acceptors (Lipinski definition) is 5. The van der Waals surface area contributed by atoms with Crippen molar-refractivity contribution in [2.24, 2.45) is 17.3 Å². The minimum Gasteiger partial charge on any atom is -0.380 e. The van der Waals surface area contributed by atoms with E-state index in [0.717, 1.165) is 49.6 Å². The highest BCUT2D eigenvalue weighted by atomic mass is 32.1. The van der Waals surface area contributed by atoms with Gasteiger partial charge in [0, 0.05) is 48.9 Å². The molecule has 1 aliphatic carbocycles. The molecule has 3 atom stereocenters.